The van der Waals surface area contributed by atoms with Gasteiger partial charge in [0.05, 0.1) is 11.0 Å². The molecule has 12 aromatic rings. The number of nitrogens with zero attached hydrogens (tertiary/aromatic N) is 3. The molecule has 0 unspecified atom stereocenters. The second-order valence-electron chi connectivity index (χ2n) is 13.4. The lowest BCUT2D eigenvalue weighted by Gasteiger charge is -2.10. The van der Waals surface area contributed by atoms with Gasteiger partial charge in [-0.3, -0.25) is 4.57 Å². The molecule has 0 aliphatic rings. The van der Waals surface area contributed by atoms with Crippen molar-refractivity contribution in [2.24, 2.45) is 0 Å². The molecule has 0 bridgehead atoms. The molecule has 236 valence electrons. The van der Waals surface area contributed by atoms with Crippen LogP contribution in [0.4, 0.5) is 0 Å². The first-order chi connectivity index (χ1) is 25.3. The molecule has 0 N–H and O–H groups in total. The van der Waals surface area contributed by atoms with Crippen molar-refractivity contribution in [1.82, 2.24) is 14.5 Å². The number of hydrogen-bond acceptors (Lipinski definition) is 4. The molecule has 0 aliphatic heterocycles. The van der Waals surface area contributed by atoms with Crippen molar-refractivity contribution in [1.29, 1.82) is 0 Å². The molecule has 51 heavy (non-hydrogen) atoms. The van der Waals surface area contributed by atoms with Crippen molar-refractivity contribution in [3.05, 3.63) is 152 Å². The summed E-state index contributed by atoms with van der Waals surface area (Å²) in [5, 5.41) is 12.3. The molecule has 0 amide bonds. The lowest BCUT2D eigenvalue weighted by atomic mass is 10.0. The van der Waals surface area contributed by atoms with Gasteiger partial charge in [-0.25, -0.2) is 9.97 Å². The van der Waals surface area contributed by atoms with Crippen LogP contribution in [0.5, 0.6) is 0 Å². The van der Waals surface area contributed by atoms with Crippen LogP contribution in [0.15, 0.2) is 160 Å². The van der Waals surface area contributed by atoms with E-state index in [0.717, 1.165) is 98.4 Å². The highest BCUT2D eigenvalue weighted by Crippen LogP contribution is 2.42. The highest BCUT2D eigenvalue weighted by molar-refractivity contribution is 6.23. The van der Waals surface area contributed by atoms with Gasteiger partial charge in [0.2, 0.25) is 5.95 Å². The molecule has 0 saturated carbocycles. The van der Waals surface area contributed by atoms with E-state index in [2.05, 4.69) is 144 Å². The highest BCUT2D eigenvalue weighted by atomic mass is 16.3. The van der Waals surface area contributed by atoms with Gasteiger partial charge in [0.1, 0.15) is 28.0 Å². The number of fused-ring (bicyclic) bond motifs is 14. The summed E-state index contributed by atoms with van der Waals surface area (Å²) in [6, 6.07) is 53.2. The molecule has 0 atom stereocenters. The maximum Gasteiger partial charge on any atom is 0.236 e. The minimum Gasteiger partial charge on any atom is -0.456 e. The van der Waals surface area contributed by atoms with Gasteiger partial charge >= 0.3 is 0 Å². The van der Waals surface area contributed by atoms with Crippen LogP contribution in [0.3, 0.4) is 0 Å². The first kappa shape index (κ1) is 26.9. The van der Waals surface area contributed by atoms with Crippen LogP contribution < -0.4 is 0 Å². The molecule has 4 heterocycles. The Bertz CT molecular complexity index is 3440. The Morgan fingerprint density at radius 1 is 0.412 bits per heavy atom. The van der Waals surface area contributed by atoms with E-state index < -0.39 is 0 Å². The quantitative estimate of drug-likeness (QED) is 0.187. The minimum absolute atomic E-state index is 0.594. The predicted molar refractivity (Wildman–Crippen MR) is 209 cm³/mol. The highest BCUT2D eigenvalue weighted by Gasteiger charge is 2.23. The van der Waals surface area contributed by atoms with Crippen molar-refractivity contribution in [2.75, 3.05) is 0 Å². The lowest BCUT2D eigenvalue weighted by Crippen LogP contribution is -2.03. The van der Waals surface area contributed by atoms with E-state index in [1.54, 1.807) is 0 Å². The van der Waals surface area contributed by atoms with Crippen LogP contribution in [-0.4, -0.2) is 14.5 Å². The average Bonchev–Trinajstić information content (AvgIpc) is 3.86. The second-order valence-corrected chi connectivity index (χ2v) is 13.4. The summed E-state index contributed by atoms with van der Waals surface area (Å²) in [5.41, 5.74) is 7.85. The Morgan fingerprint density at radius 2 is 1.16 bits per heavy atom. The largest absolute Gasteiger partial charge is 0.456 e. The summed E-state index contributed by atoms with van der Waals surface area (Å²) >= 11 is 0. The van der Waals surface area contributed by atoms with E-state index in [4.69, 9.17) is 18.8 Å². The Kier molecular flexibility index (Phi) is 5.17. The maximum atomic E-state index is 6.80. The molecular weight excluding hydrogens is 627 g/mol. The van der Waals surface area contributed by atoms with Gasteiger partial charge in [0.15, 0.2) is 5.58 Å². The molecule has 5 heteroatoms. The van der Waals surface area contributed by atoms with E-state index in [-0.39, 0.29) is 0 Å². The number of rotatable bonds is 2. The molecule has 0 saturated heterocycles. The summed E-state index contributed by atoms with van der Waals surface area (Å²) < 4.78 is 15.3. The first-order valence-corrected chi connectivity index (χ1v) is 17.2. The third-order valence-corrected chi connectivity index (χ3v) is 10.6. The third kappa shape index (κ3) is 3.69. The SMILES string of the molecule is c1ccc2cc(-c3nc(-n4c5ccccc5c5cc6ccc7oc8ccccc8c7c6cc54)nc4c3oc3c5ccccc5ccc43)ccc2c1. The van der Waals surface area contributed by atoms with E-state index >= 15 is 0 Å². The third-order valence-electron chi connectivity index (χ3n) is 10.6. The summed E-state index contributed by atoms with van der Waals surface area (Å²) in [6.07, 6.45) is 0. The summed E-state index contributed by atoms with van der Waals surface area (Å²) in [7, 11) is 0. The van der Waals surface area contributed by atoms with Gasteiger partial charge in [-0.15, -0.1) is 0 Å². The summed E-state index contributed by atoms with van der Waals surface area (Å²) in [5.74, 6) is 0.594. The topological polar surface area (TPSA) is 57.0 Å². The van der Waals surface area contributed by atoms with E-state index in [9.17, 15) is 0 Å². The zero-order valence-electron chi connectivity index (χ0n) is 27.1. The van der Waals surface area contributed by atoms with E-state index in [0.29, 0.717) is 11.5 Å². The zero-order valence-corrected chi connectivity index (χ0v) is 27.1. The fourth-order valence-electron chi connectivity index (χ4n) is 8.22. The Morgan fingerprint density at radius 3 is 2.08 bits per heavy atom. The summed E-state index contributed by atoms with van der Waals surface area (Å²) in [6.45, 7) is 0. The van der Waals surface area contributed by atoms with Crippen molar-refractivity contribution >= 4 is 98.1 Å². The standard InChI is InChI=1S/C46H25N3O2/c1-2-11-28-23-30(18-17-26(28)9-1)42-45-43(34-21-19-27-10-3-4-12-31(27)44(34)51-45)48-46(47-42)49-37-15-7-5-13-32(37)36-24-29-20-22-40-41(35(29)25-38(36)49)33-14-6-8-16-39(33)50-40/h1-25H. The van der Waals surface area contributed by atoms with Gasteiger partial charge in [0.25, 0.3) is 0 Å². The van der Waals surface area contributed by atoms with Crippen LogP contribution in [-0.2, 0) is 0 Å². The molecular formula is C46H25N3O2. The van der Waals surface area contributed by atoms with Crippen LogP contribution in [0.1, 0.15) is 0 Å². The van der Waals surface area contributed by atoms with Crippen molar-refractivity contribution in [3.63, 3.8) is 0 Å². The Labute approximate surface area is 289 Å². The fourth-order valence-corrected chi connectivity index (χ4v) is 8.22. The van der Waals surface area contributed by atoms with E-state index in [1.165, 1.54) is 5.39 Å². The van der Waals surface area contributed by atoms with Crippen LogP contribution in [0.25, 0.3) is 115 Å². The Balaban J connectivity index is 1.24. The molecule has 0 aliphatic carbocycles. The minimum atomic E-state index is 0.594. The lowest BCUT2D eigenvalue weighted by molar-refractivity contribution is 0.669. The van der Waals surface area contributed by atoms with E-state index in [1.807, 2.05) is 12.1 Å². The Hall–Kier alpha value is -6.98. The van der Waals surface area contributed by atoms with Crippen LogP contribution >= 0.6 is 0 Å². The van der Waals surface area contributed by atoms with Gasteiger partial charge < -0.3 is 8.83 Å². The van der Waals surface area contributed by atoms with Gasteiger partial charge in [-0.2, -0.15) is 0 Å². The number of furan rings is 2. The average molecular weight is 652 g/mol. The number of para-hydroxylation sites is 2. The number of hydrogen-bond donors (Lipinski definition) is 0. The van der Waals surface area contributed by atoms with Gasteiger partial charge in [-0.05, 0) is 69.4 Å². The molecule has 0 radical (unpaired) electrons. The van der Waals surface area contributed by atoms with Crippen molar-refractivity contribution in [2.45, 2.75) is 0 Å². The predicted octanol–water partition coefficient (Wildman–Crippen LogP) is 12.5. The van der Waals surface area contributed by atoms with Crippen molar-refractivity contribution in [3.8, 4) is 17.2 Å². The normalized spacial score (nSPS) is 12.3. The number of aromatic nitrogens is 3. The van der Waals surface area contributed by atoms with Gasteiger partial charge in [0, 0.05) is 37.9 Å². The molecule has 0 fully saturated rings. The molecule has 12 rings (SSSR count). The van der Waals surface area contributed by atoms with Crippen LogP contribution in [0.2, 0.25) is 0 Å². The smallest absolute Gasteiger partial charge is 0.236 e. The second kappa shape index (κ2) is 9.80. The van der Waals surface area contributed by atoms with Gasteiger partial charge in [-0.1, -0.05) is 109 Å². The summed E-state index contributed by atoms with van der Waals surface area (Å²) in [4.78, 5) is 10.8. The molecule has 8 aromatic carbocycles. The number of benzene rings is 8. The monoisotopic (exact) mass is 651 g/mol. The van der Waals surface area contributed by atoms with Crippen LogP contribution in [0, 0.1) is 0 Å². The molecule has 4 aromatic heterocycles. The van der Waals surface area contributed by atoms with Crippen molar-refractivity contribution < 1.29 is 8.83 Å². The fraction of sp³-hybridized carbons (Fsp3) is 0. The zero-order chi connectivity index (χ0) is 33.2. The molecule has 5 nitrogen and oxygen atoms in total. The maximum absolute atomic E-state index is 6.80. The first-order valence-electron chi connectivity index (χ1n) is 17.2. The molecule has 0 spiro atoms.